The molecule has 6 nitrogen and oxygen atoms in total. The molecule has 112 valence electrons. The summed E-state index contributed by atoms with van der Waals surface area (Å²) in [6, 6.07) is 7.47. The molecule has 0 saturated heterocycles. The fourth-order valence-corrected chi connectivity index (χ4v) is 2.56. The van der Waals surface area contributed by atoms with Crippen molar-refractivity contribution >= 4 is 28.9 Å². The molecule has 3 aromatic rings. The van der Waals surface area contributed by atoms with Gasteiger partial charge >= 0.3 is 5.97 Å². The van der Waals surface area contributed by atoms with Crippen molar-refractivity contribution in [3.8, 4) is 0 Å². The van der Waals surface area contributed by atoms with E-state index in [-0.39, 0.29) is 11.6 Å². The molecular formula is C15H13ClN4O2. The summed E-state index contributed by atoms with van der Waals surface area (Å²) in [6.07, 6.45) is 3.68. The summed E-state index contributed by atoms with van der Waals surface area (Å²) < 4.78 is 1.76. The van der Waals surface area contributed by atoms with Gasteiger partial charge in [-0.25, -0.2) is 9.97 Å². The molecule has 0 saturated carbocycles. The van der Waals surface area contributed by atoms with Gasteiger partial charge in [-0.05, 0) is 17.7 Å². The normalized spacial score (nSPS) is 11.0. The first kappa shape index (κ1) is 14.3. The highest BCUT2D eigenvalue weighted by atomic mass is 35.5. The number of carbonyl (C=O) groups is 1. The zero-order valence-corrected chi connectivity index (χ0v) is 12.3. The number of hydrogen-bond donors (Lipinski definition) is 2. The molecule has 3 N–H and O–H groups in total. The van der Waals surface area contributed by atoms with Gasteiger partial charge < -0.3 is 10.8 Å². The third-order valence-electron chi connectivity index (χ3n) is 3.33. The number of carboxylic acids is 1. The first-order valence-corrected chi connectivity index (χ1v) is 6.99. The summed E-state index contributed by atoms with van der Waals surface area (Å²) >= 11 is 6.15. The third-order valence-corrected chi connectivity index (χ3v) is 3.65. The molecule has 1 aromatic carbocycles. The molecule has 0 aliphatic heterocycles. The molecule has 0 aliphatic carbocycles. The quantitative estimate of drug-likeness (QED) is 0.568. The predicted molar refractivity (Wildman–Crippen MR) is 83.0 cm³/mol. The molecule has 0 unspecified atom stereocenters. The minimum atomic E-state index is -0.972. The maximum atomic E-state index is 11.0. The van der Waals surface area contributed by atoms with Gasteiger partial charge in [-0.15, -0.1) is 0 Å². The van der Waals surface area contributed by atoms with E-state index in [1.54, 1.807) is 16.8 Å². The number of imidazole rings is 1. The number of carboxylic acid groups (broad SMARTS) is 1. The molecule has 0 aliphatic rings. The van der Waals surface area contributed by atoms with Crippen LogP contribution < -0.4 is 5.73 Å². The number of hydrogen-bond acceptors (Lipinski definition) is 4. The third kappa shape index (κ3) is 2.73. The predicted octanol–water partition coefficient (Wildman–Crippen LogP) is 2.18. The van der Waals surface area contributed by atoms with E-state index in [1.165, 1.54) is 0 Å². The van der Waals surface area contributed by atoms with Crippen LogP contribution >= 0.6 is 11.6 Å². The Balaban J connectivity index is 2.05. The molecular weight excluding hydrogens is 304 g/mol. The van der Waals surface area contributed by atoms with E-state index >= 15 is 0 Å². The van der Waals surface area contributed by atoms with Crippen molar-refractivity contribution in [2.24, 2.45) is 0 Å². The Morgan fingerprint density at radius 3 is 2.73 bits per heavy atom. The van der Waals surface area contributed by atoms with Crippen LogP contribution in [0, 0.1) is 0 Å². The minimum Gasteiger partial charge on any atom is -0.481 e. The molecule has 3 rings (SSSR count). The Morgan fingerprint density at radius 1 is 1.32 bits per heavy atom. The van der Waals surface area contributed by atoms with Gasteiger partial charge in [0, 0.05) is 30.1 Å². The van der Waals surface area contributed by atoms with Gasteiger partial charge in [0.2, 0.25) is 0 Å². The Bertz CT molecular complexity index is 843. The number of halogens is 1. The second kappa shape index (κ2) is 5.65. The second-order valence-electron chi connectivity index (χ2n) is 4.91. The standard InChI is InChI=1S/C15H13ClN4O2/c16-14-11(8-13(21)22)15-18-5-6-20(15)12(19-14)7-9-1-3-10(17)4-2-9/h1-6H,7-8,17H2,(H,21,22). The summed E-state index contributed by atoms with van der Waals surface area (Å²) in [7, 11) is 0. The van der Waals surface area contributed by atoms with Gasteiger partial charge in [0.05, 0.1) is 6.42 Å². The maximum absolute atomic E-state index is 11.0. The van der Waals surface area contributed by atoms with Crippen molar-refractivity contribution in [3.05, 3.63) is 58.8 Å². The number of aliphatic carboxylic acids is 1. The fraction of sp³-hybridized carbons (Fsp3) is 0.133. The molecule has 0 amide bonds. The summed E-state index contributed by atoms with van der Waals surface area (Å²) in [5.41, 5.74) is 8.34. The van der Waals surface area contributed by atoms with Crippen LogP contribution in [-0.4, -0.2) is 25.4 Å². The van der Waals surface area contributed by atoms with Gasteiger partial charge in [-0.1, -0.05) is 23.7 Å². The first-order chi connectivity index (χ1) is 10.5. The number of nitrogens with two attached hydrogens (primary N) is 1. The van der Waals surface area contributed by atoms with Crippen LogP contribution in [0.25, 0.3) is 5.65 Å². The summed E-state index contributed by atoms with van der Waals surface area (Å²) in [4.78, 5) is 19.5. The van der Waals surface area contributed by atoms with E-state index in [0.29, 0.717) is 29.1 Å². The van der Waals surface area contributed by atoms with Gasteiger partial charge in [0.25, 0.3) is 0 Å². The van der Waals surface area contributed by atoms with Crippen LogP contribution in [0.3, 0.4) is 0 Å². The highest BCUT2D eigenvalue weighted by Crippen LogP contribution is 2.22. The lowest BCUT2D eigenvalue weighted by Gasteiger charge is -2.10. The van der Waals surface area contributed by atoms with Crippen molar-refractivity contribution in [3.63, 3.8) is 0 Å². The SMILES string of the molecule is Nc1ccc(Cc2nc(Cl)c(CC(=O)O)c3nccn23)cc1. The van der Waals surface area contributed by atoms with Crippen molar-refractivity contribution < 1.29 is 9.90 Å². The van der Waals surface area contributed by atoms with Crippen LogP contribution in [0.4, 0.5) is 5.69 Å². The number of fused-ring (bicyclic) bond motifs is 1. The molecule has 0 bridgehead atoms. The van der Waals surface area contributed by atoms with Crippen molar-refractivity contribution in [1.82, 2.24) is 14.4 Å². The smallest absolute Gasteiger partial charge is 0.308 e. The Labute approximate surface area is 131 Å². The average molecular weight is 317 g/mol. The summed E-state index contributed by atoms with van der Waals surface area (Å²) in [6.45, 7) is 0. The van der Waals surface area contributed by atoms with Gasteiger partial charge in [0.1, 0.15) is 16.6 Å². The van der Waals surface area contributed by atoms with Crippen LogP contribution in [0.1, 0.15) is 17.0 Å². The average Bonchev–Trinajstić information content (AvgIpc) is 2.95. The monoisotopic (exact) mass is 316 g/mol. The molecule has 0 radical (unpaired) electrons. The zero-order valence-electron chi connectivity index (χ0n) is 11.5. The Morgan fingerprint density at radius 2 is 2.05 bits per heavy atom. The Hall–Kier alpha value is -2.60. The lowest BCUT2D eigenvalue weighted by atomic mass is 10.1. The van der Waals surface area contributed by atoms with E-state index < -0.39 is 5.97 Å². The van der Waals surface area contributed by atoms with E-state index in [9.17, 15) is 4.79 Å². The van der Waals surface area contributed by atoms with Crippen LogP contribution in [0.5, 0.6) is 0 Å². The number of benzene rings is 1. The number of rotatable bonds is 4. The van der Waals surface area contributed by atoms with Crippen LogP contribution in [0.15, 0.2) is 36.7 Å². The highest BCUT2D eigenvalue weighted by molar-refractivity contribution is 6.30. The Kier molecular flexibility index (Phi) is 3.68. The van der Waals surface area contributed by atoms with Crippen LogP contribution in [-0.2, 0) is 17.6 Å². The van der Waals surface area contributed by atoms with Gasteiger partial charge in [0.15, 0.2) is 0 Å². The number of nitrogens with zero attached hydrogens (tertiary/aromatic N) is 3. The lowest BCUT2D eigenvalue weighted by Crippen LogP contribution is -2.09. The van der Waals surface area contributed by atoms with Gasteiger partial charge in [-0.2, -0.15) is 0 Å². The second-order valence-corrected chi connectivity index (χ2v) is 5.27. The lowest BCUT2D eigenvalue weighted by molar-refractivity contribution is -0.136. The van der Waals surface area contributed by atoms with Crippen molar-refractivity contribution in [1.29, 1.82) is 0 Å². The number of anilines is 1. The van der Waals surface area contributed by atoms with Crippen LogP contribution in [0.2, 0.25) is 5.15 Å². The van der Waals surface area contributed by atoms with Crippen molar-refractivity contribution in [2.75, 3.05) is 5.73 Å². The molecule has 22 heavy (non-hydrogen) atoms. The number of nitrogen functional groups attached to an aromatic ring is 1. The molecule has 0 spiro atoms. The maximum Gasteiger partial charge on any atom is 0.308 e. The van der Waals surface area contributed by atoms with E-state index in [1.807, 2.05) is 24.3 Å². The van der Waals surface area contributed by atoms with E-state index in [2.05, 4.69) is 9.97 Å². The number of aromatic nitrogens is 3. The molecule has 7 heteroatoms. The largest absolute Gasteiger partial charge is 0.481 e. The fourth-order valence-electron chi connectivity index (χ4n) is 2.31. The summed E-state index contributed by atoms with van der Waals surface area (Å²) in [5.74, 6) is -0.281. The molecule has 2 aromatic heterocycles. The molecule has 0 atom stereocenters. The topological polar surface area (TPSA) is 93.5 Å². The zero-order chi connectivity index (χ0) is 15.7. The molecule has 0 fully saturated rings. The first-order valence-electron chi connectivity index (χ1n) is 6.61. The van der Waals surface area contributed by atoms with Crippen molar-refractivity contribution in [2.45, 2.75) is 12.8 Å². The van der Waals surface area contributed by atoms with E-state index in [0.717, 1.165) is 5.56 Å². The van der Waals surface area contributed by atoms with E-state index in [4.69, 9.17) is 22.4 Å². The molecule has 2 heterocycles. The minimum absolute atomic E-state index is 0.173. The van der Waals surface area contributed by atoms with Gasteiger partial charge in [-0.3, -0.25) is 9.20 Å². The summed E-state index contributed by atoms with van der Waals surface area (Å²) in [5, 5.41) is 9.16. The highest BCUT2D eigenvalue weighted by Gasteiger charge is 2.16.